The smallest absolute Gasteiger partial charge is 0.341 e. The van der Waals surface area contributed by atoms with Crippen LogP contribution in [0.15, 0.2) is 18.2 Å². The molecule has 2 aromatic rings. The molecule has 2 rings (SSSR count). The van der Waals surface area contributed by atoms with Crippen molar-refractivity contribution < 1.29 is 29.0 Å². The lowest BCUT2D eigenvalue weighted by Crippen LogP contribution is -2.15. The van der Waals surface area contributed by atoms with Gasteiger partial charge in [0.05, 0.1) is 38.5 Å². The molecule has 0 radical (unpaired) electrons. The van der Waals surface area contributed by atoms with Gasteiger partial charge in [0.2, 0.25) is 0 Å². The van der Waals surface area contributed by atoms with E-state index in [1.165, 1.54) is 6.92 Å². The van der Waals surface area contributed by atoms with Gasteiger partial charge < -0.3 is 15.8 Å². The topological polar surface area (TPSA) is 185 Å². The maximum absolute atomic E-state index is 12.6. The number of anilines is 1. The maximum Gasteiger partial charge on any atom is 0.341 e. The number of primary amides is 1. The molecule has 0 aliphatic heterocycles. The SMILES string of the molecule is CCOC(=O)c1c(NC(=O)c2cc([N+](=O)[O-])cc([N+](=O)[O-])c2)sc(C(N)=O)c1C. The summed E-state index contributed by atoms with van der Waals surface area (Å²) in [7, 11) is 0. The number of nitrogens with one attached hydrogen (secondary N) is 1. The lowest BCUT2D eigenvalue weighted by Gasteiger charge is -2.07. The summed E-state index contributed by atoms with van der Waals surface area (Å²) in [4.78, 5) is 56.6. The molecule has 0 aliphatic carbocycles. The van der Waals surface area contributed by atoms with Crippen LogP contribution in [0, 0.1) is 27.2 Å². The van der Waals surface area contributed by atoms with Gasteiger partial charge in [0.25, 0.3) is 23.2 Å². The molecule has 0 saturated carbocycles. The van der Waals surface area contributed by atoms with E-state index in [0.29, 0.717) is 6.07 Å². The average molecular weight is 422 g/mol. The number of nitrogens with zero attached hydrogens (tertiary/aromatic N) is 2. The fourth-order valence-corrected chi connectivity index (χ4v) is 3.44. The number of nitro groups is 2. The molecule has 152 valence electrons. The average Bonchev–Trinajstić information content (AvgIpc) is 2.97. The second-order valence-corrected chi connectivity index (χ2v) is 6.57. The number of nitrogens with two attached hydrogens (primary N) is 1. The highest BCUT2D eigenvalue weighted by atomic mass is 32.1. The Balaban J connectivity index is 2.51. The molecule has 12 nitrogen and oxygen atoms in total. The molecule has 0 aliphatic rings. The van der Waals surface area contributed by atoms with Crippen molar-refractivity contribution >= 4 is 45.5 Å². The summed E-state index contributed by atoms with van der Waals surface area (Å²) in [5, 5.41) is 24.2. The monoisotopic (exact) mass is 422 g/mol. The van der Waals surface area contributed by atoms with Crippen molar-refractivity contribution in [1.29, 1.82) is 0 Å². The summed E-state index contributed by atoms with van der Waals surface area (Å²) in [6.07, 6.45) is 0. The summed E-state index contributed by atoms with van der Waals surface area (Å²) >= 11 is 0.717. The predicted molar refractivity (Wildman–Crippen MR) is 101 cm³/mol. The Bertz CT molecular complexity index is 1010. The zero-order valence-corrected chi connectivity index (χ0v) is 15.9. The number of nitro benzene ring substituents is 2. The molecule has 1 aromatic heterocycles. The van der Waals surface area contributed by atoms with Crippen molar-refractivity contribution in [3.8, 4) is 0 Å². The molecule has 2 amide bonds. The molecular weight excluding hydrogens is 408 g/mol. The van der Waals surface area contributed by atoms with Gasteiger partial charge in [-0.05, 0) is 19.4 Å². The summed E-state index contributed by atoms with van der Waals surface area (Å²) in [5.74, 6) is -2.60. The summed E-state index contributed by atoms with van der Waals surface area (Å²) in [6.45, 7) is 3.04. The van der Waals surface area contributed by atoms with Crippen molar-refractivity contribution in [3.05, 3.63) is 60.0 Å². The first-order valence-electron chi connectivity index (χ1n) is 7.92. The van der Waals surface area contributed by atoms with Crippen molar-refractivity contribution in [2.45, 2.75) is 13.8 Å². The van der Waals surface area contributed by atoms with Gasteiger partial charge in [0, 0.05) is 12.1 Å². The molecular formula is C16H14N4O8S. The number of thiophene rings is 1. The second kappa shape index (κ2) is 8.43. The van der Waals surface area contributed by atoms with Crippen LogP contribution in [0.1, 0.15) is 42.9 Å². The quantitative estimate of drug-likeness (QED) is 0.387. The first-order chi connectivity index (χ1) is 13.6. The van der Waals surface area contributed by atoms with Gasteiger partial charge in [0.15, 0.2) is 0 Å². The highest BCUT2D eigenvalue weighted by Gasteiger charge is 2.27. The largest absolute Gasteiger partial charge is 0.462 e. The summed E-state index contributed by atoms with van der Waals surface area (Å²) in [5.41, 5.74) is 3.68. The van der Waals surface area contributed by atoms with Crippen LogP contribution in [0.4, 0.5) is 16.4 Å². The molecule has 29 heavy (non-hydrogen) atoms. The second-order valence-electron chi connectivity index (χ2n) is 5.55. The van der Waals surface area contributed by atoms with E-state index in [1.807, 2.05) is 0 Å². The zero-order chi connectivity index (χ0) is 21.9. The van der Waals surface area contributed by atoms with Crippen LogP contribution in [-0.2, 0) is 4.74 Å². The van der Waals surface area contributed by atoms with E-state index < -0.39 is 39.0 Å². The van der Waals surface area contributed by atoms with E-state index in [2.05, 4.69) is 5.32 Å². The van der Waals surface area contributed by atoms with E-state index >= 15 is 0 Å². The molecule has 0 atom stereocenters. The lowest BCUT2D eigenvalue weighted by molar-refractivity contribution is -0.394. The molecule has 0 fully saturated rings. The molecule has 0 unspecified atom stereocenters. The van der Waals surface area contributed by atoms with Crippen LogP contribution in [0.25, 0.3) is 0 Å². The Morgan fingerprint density at radius 3 is 2.14 bits per heavy atom. The van der Waals surface area contributed by atoms with Crippen LogP contribution >= 0.6 is 11.3 Å². The number of non-ortho nitro benzene ring substituents is 2. The molecule has 0 spiro atoms. The van der Waals surface area contributed by atoms with Crippen LogP contribution in [0.5, 0.6) is 0 Å². The van der Waals surface area contributed by atoms with Crippen molar-refractivity contribution in [3.63, 3.8) is 0 Å². The Morgan fingerprint density at radius 1 is 1.14 bits per heavy atom. The molecule has 1 heterocycles. The number of carbonyl (C=O) groups is 3. The van der Waals surface area contributed by atoms with Crippen LogP contribution < -0.4 is 11.1 Å². The van der Waals surface area contributed by atoms with Crippen LogP contribution in [0.2, 0.25) is 0 Å². The summed E-state index contributed by atoms with van der Waals surface area (Å²) < 4.78 is 4.92. The van der Waals surface area contributed by atoms with Gasteiger partial charge in [-0.15, -0.1) is 11.3 Å². The van der Waals surface area contributed by atoms with E-state index in [4.69, 9.17) is 10.5 Å². The van der Waals surface area contributed by atoms with Gasteiger partial charge in [-0.2, -0.15) is 0 Å². The standard InChI is InChI=1S/C16H14N4O8S/c1-3-28-16(23)11-7(2)12(13(17)21)29-15(11)18-14(22)8-4-9(19(24)25)6-10(5-8)20(26)27/h4-6H,3H2,1-2H3,(H2,17,21)(H,18,22). The highest BCUT2D eigenvalue weighted by Crippen LogP contribution is 2.34. The number of hydrogen-bond acceptors (Lipinski definition) is 9. The van der Waals surface area contributed by atoms with Gasteiger partial charge >= 0.3 is 5.97 Å². The van der Waals surface area contributed by atoms with E-state index in [1.54, 1.807) is 6.92 Å². The normalized spacial score (nSPS) is 10.3. The third-order valence-electron chi connectivity index (χ3n) is 3.66. The number of benzene rings is 1. The Morgan fingerprint density at radius 2 is 1.69 bits per heavy atom. The molecule has 0 saturated heterocycles. The third kappa shape index (κ3) is 4.52. The first-order valence-corrected chi connectivity index (χ1v) is 8.74. The zero-order valence-electron chi connectivity index (χ0n) is 15.1. The fourth-order valence-electron chi connectivity index (χ4n) is 2.40. The van der Waals surface area contributed by atoms with Gasteiger partial charge in [-0.1, -0.05) is 0 Å². The third-order valence-corrected chi connectivity index (χ3v) is 4.89. The molecule has 13 heteroatoms. The van der Waals surface area contributed by atoms with Crippen molar-refractivity contribution in [2.75, 3.05) is 11.9 Å². The minimum Gasteiger partial charge on any atom is -0.462 e. The maximum atomic E-state index is 12.6. The van der Waals surface area contributed by atoms with Crippen molar-refractivity contribution in [2.24, 2.45) is 5.73 Å². The van der Waals surface area contributed by atoms with Crippen LogP contribution in [0.3, 0.4) is 0 Å². The minimum absolute atomic E-state index is 0.00776. The summed E-state index contributed by atoms with van der Waals surface area (Å²) in [6, 6.07) is 2.41. The minimum atomic E-state index is -0.959. The van der Waals surface area contributed by atoms with Gasteiger partial charge in [0.1, 0.15) is 5.00 Å². The predicted octanol–water partition coefficient (Wildman–Crippen LogP) is 2.40. The van der Waals surface area contributed by atoms with Gasteiger partial charge in [-0.3, -0.25) is 29.8 Å². The first kappa shape index (κ1) is 21.4. The number of amides is 2. The Labute approximate surface area is 166 Å². The lowest BCUT2D eigenvalue weighted by atomic mass is 10.1. The Kier molecular flexibility index (Phi) is 6.23. The molecule has 0 bridgehead atoms. The number of hydrogen-bond donors (Lipinski definition) is 2. The van der Waals surface area contributed by atoms with Crippen LogP contribution in [-0.4, -0.2) is 34.2 Å². The van der Waals surface area contributed by atoms with Gasteiger partial charge in [-0.25, -0.2) is 4.79 Å². The number of rotatable bonds is 7. The Hall–Kier alpha value is -3.87. The molecule has 1 aromatic carbocycles. The molecule has 3 N–H and O–H groups in total. The number of ether oxygens (including phenoxy) is 1. The highest BCUT2D eigenvalue weighted by molar-refractivity contribution is 7.18. The van der Waals surface area contributed by atoms with Crippen molar-refractivity contribution in [1.82, 2.24) is 0 Å². The van der Waals surface area contributed by atoms with E-state index in [-0.39, 0.29) is 33.2 Å². The van der Waals surface area contributed by atoms with E-state index in [0.717, 1.165) is 23.5 Å². The van der Waals surface area contributed by atoms with E-state index in [9.17, 15) is 34.6 Å². The number of carbonyl (C=O) groups excluding carboxylic acids is 3. The number of esters is 1. The fraction of sp³-hybridized carbons (Fsp3) is 0.188.